The van der Waals surface area contributed by atoms with Crippen molar-refractivity contribution < 1.29 is 25.2 Å². The van der Waals surface area contributed by atoms with Crippen LogP contribution in [0.2, 0.25) is 0 Å². The van der Waals surface area contributed by atoms with Gasteiger partial charge in [0.1, 0.15) is 0 Å². The van der Waals surface area contributed by atoms with E-state index in [0.29, 0.717) is 0 Å². The molecule has 4 rings (SSSR count). The van der Waals surface area contributed by atoms with Crippen LogP contribution in [0.25, 0.3) is 22.3 Å². The SMILES string of the molecule is Cc1ccc(Sc2ccc([SH2+])c(-c3ccc(C)cc3)c2-c2ccc(C)cc2)cc1.F[P-](F)(F)(F)(F)F. The molecule has 0 aliphatic heterocycles. The van der Waals surface area contributed by atoms with Gasteiger partial charge in [0.2, 0.25) is 0 Å². The maximum atomic E-state index is 9.87. The number of halogens is 6. The van der Waals surface area contributed by atoms with E-state index in [2.05, 4.69) is 118 Å². The molecule has 0 unspecified atom stereocenters. The summed E-state index contributed by atoms with van der Waals surface area (Å²) in [5, 5.41) is 0. The van der Waals surface area contributed by atoms with Crippen molar-refractivity contribution in [3.8, 4) is 22.3 Å². The minimum absolute atomic E-state index is 1.11. The van der Waals surface area contributed by atoms with Crippen molar-refractivity contribution in [3.63, 3.8) is 0 Å². The zero-order valence-corrected chi connectivity index (χ0v) is 22.4. The van der Waals surface area contributed by atoms with Crippen LogP contribution in [0.3, 0.4) is 0 Å². The van der Waals surface area contributed by atoms with Crippen molar-refractivity contribution in [3.05, 3.63) is 102 Å². The molecule has 0 bridgehead atoms. The van der Waals surface area contributed by atoms with E-state index >= 15 is 0 Å². The zero-order chi connectivity index (χ0) is 26.8. The first-order valence-corrected chi connectivity index (χ1v) is 14.1. The summed E-state index contributed by atoms with van der Waals surface area (Å²) in [6, 6.07) is 30.8. The van der Waals surface area contributed by atoms with Gasteiger partial charge in [0.15, 0.2) is 4.90 Å². The number of aryl methyl sites for hydroxylation is 3. The van der Waals surface area contributed by atoms with Crippen LogP contribution in [0.1, 0.15) is 16.7 Å². The van der Waals surface area contributed by atoms with Gasteiger partial charge in [-0.2, -0.15) is 0 Å². The predicted molar refractivity (Wildman–Crippen MR) is 144 cm³/mol. The molecule has 0 aromatic heterocycles. The Morgan fingerprint density at radius 2 is 0.889 bits per heavy atom. The van der Waals surface area contributed by atoms with Gasteiger partial charge >= 0.3 is 33.0 Å². The van der Waals surface area contributed by atoms with Gasteiger partial charge in [0, 0.05) is 20.9 Å². The summed E-state index contributed by atoms with van der Waals surface area (Å²) in [5.41, 5.74) is 8.79. The van der Waals surface area contributed by atoms with E-state index in [1.807, 2.05) is 11.8 Å². The van der Waals surface area contributed by atoms with Crippen LogP contribution in [-0.4, -0.2) is 0 Å². The molecule has 0 radical (unpaired) electrons. The number of hydrogen-bond donors (Lipinski definition) is 0. The first-order valence-electron chi connectivity index (χ1n) is 10.8. The fourth-order valence-corrected chi connectivity index (χ4v) is 4.77. The summed E-state index contributed by atoms with van der Waals surface area (Å²) in [5.74, 6) is 0. The maximum absolute atomic E-state index is 10.7. The summed E-state index contributed by atoms with van der Waals surface area (Å²) < 4.78 is 59.2. The van der Waals surface area contributed by atoms with Crippen molar-refractivity contribution in [2.75, 3.05) is 0 Å². The van der Waals surface area contributed by atoms with Crippen LogP contribution in [0, 0.1) is 20.8 Å². The minimum atomic E-state index is -10.7. The number of rotatable bonds is 4. The Bertz CT molecular complexity index is 1340. The molecule has 4 aromatic rings. The van der Waals surface area contributed by atoms with E-state index in [-0.39, 0.29) is 0 Å². The average Bonchev–Trinajstić information content (AvgIpc) is 2.76. The van der Waals surface area contributed by atoms with E-state index in [0.717, 1.165) is 4.90 Å². The van der Waals surface area contributed by atoms with Gasteiger partial charge in [-0.05, 0) is 68.8 Å². The molecule has 4 aromatic carbocycles. The summed E-state index contributed by atoms with van der Waals surface area (Å²) in [6.45, 7) is 6.39. The third kappa shape index (κ3) is 9.23. The second kappa shape index (κ2) is 9.81. The van der Waals surface area contributed by atoms with E-state index in [1.54, 1.807) is 0 Å². The van der Waals surface area contributed by atoms with Gasteiger partial charge in [-0.1, -0.05) is 89.1 Å². The van der Waals surface area contributed by atoms with Crippen molar-refractivity contribution in [2.24, 2.45) is 0 Å². The third-order valence-corrected chi connectivity index (χ3v) is 6.58. The van der Waals surface area contributed by atoms with Crippen molar-refractivity contribution in [2.45, 2.75) is 35.5 Å². The average molecular weight is 559 g/mol. The molecule has 0 amide bonds. The van der Waals surface area contributed by atoms with Gasteiger partial charge in [-0.15, -0.1) is 0 Å². The molecule has 0 spiro atoms. The molecule has 0 fully saturated rings. The summed E-state index contributed by atoms with van der Waals surface area (Å²) in [7, 11) is -10.7. The van der Waals surface area contributed by atoms with Crippen LogP contribution < -0.4 is 0 Å². The molecule has 0 heterocycles. The first kappa shape index (κ1) is 28.2. The summed E-state index contributed by atoms with van der Waals surface area (Å²) in [4.78, 5) is 3.62. The monoisotopic (exact) mass is 558 g/mol. The Labute approximate surface area is 216 Å². The standard InChI is InChI=1S/C27H24S2.F6P/c1-18-4-10-21(11-5-18)26-24(28)16-17-25(29-23-14-8-20(3)9-15-23)27(26)22-12-6-19(2)7-13-22;1-7(2,3,4,5)6/h4-17,28H,1-3H3;/q;-1/p+1. The molecule has 9 heteroatoms. The number of benzene rings is 4. The molecule has 0 saturated carbocycles. The fraction of sp³-hybridized carbons (Fsp3) is 0.111. The Hall–Kier alpha value is -2.41. The quantitative estimate of drug-likeness (QED) is 0.136. The molecule has 0 N–H and O–H groups in total. The first-order chi connectivity index (χ1) is 16.5. The molecule has 0 nitrogen and oxygen atoms in total. The molecule has 192 valence electrons. The Morgan fingerprint density at radius 1 is 0.528 bits per heavy atom. The molecule has 36 heavy (non-hydrogen) atoms. The molecule has 0 aliphatic carbocycles. The molecule has 0 saturated heterocycles. The molecule has 0 atom stereocenters. The molecule has 0 aliphatic rings. The topological polar surface area (TPSA) is 0 Å². The van der Waals surface area contributed by atoms with Crippen molar-refractivity contribution >= 4 is 32.2 Å². The Kier molecular flexibility index (Phi) is 7.67. The van der Waals surface area contributed by atoms with Crippen LogP contribution in [0.5, 0.6) is 0 Å². The summed E-state index contributed by atoms with van der Waals surface area (Å²) >= 11 is 5.71. The predicted octanol–water partition coefficient (Wildman–Crippen LogP) is 10.8. The van der Waals surface area contributed by atoms with Gasteiger partial charge < -0.3 is 0 Å². The normalized spacial score (nSPS) is 13.3. The van der Waals surface area contributed by atoms with Crippen LogP contribution in [0.4, 0.5) is 25.2 Å². The van der Waals surface area contributed by atoms with Crippen LogP contribution in [-0.2, 0) is 12.6 Å². The third-order valence-electron chi connectivity index (χ3n) is 5.10. The van der Waals surface area contributed by atoms with Crippen LogP contribution in [0.15, 0.2) is 99.6 Å². The Morgan fingerprint density at radius 3 is 1.31 bits per heavy atom. The van der Waals surface area contributed by atoms with Crippen molar-refractivity contribution in [1.29, 1.82) is 0 Å². The second-order valence-electron chi connectivity index (χ2n) is 8.47. The van der Waals surface area contributed by atoms with Crippen molar-refractivity contribution in [1.82, 2.24) is 0 Å². The van der Waals surface area contributed by atoms with Gasteiger partial charge in [0.05, 0.1) is 0 Å². The zero-order valence-electron chi connectivity index (χ0n) is 19.7. The van der Waals surface area contributed by atoms with Gasteiger partial charge in [0.25, 0.3) is 0 Å². The molecular weight excluding hydrogens is 533 g/mol. The van der Waals surface area contributed by atoms with E-state index in [1.165, 1.54) is 48.7 Å². The fourth-order valence-electron chi connectivity index (χ4n) is 3.43. The van der Waals surface area contributed by atoms with E-state index in [4.69, 9.17) is 0 Å². The van der Waals surface area contributed by atoms with E-state index in [9.17, 15) is 25.2 Å². The van der Waals surface area contributed by atoms with Gasteiger partial charge in [-0.25, -0.2) is 0 Å². The van der Waals surface area contributed by atoms with E-state index < -0.39 is 7.81 Å². The summed E-state index contributed by atoms with van der Waals surface area (Å²) in [6.07, 6.45) is 0. The molecular formula is C27H25F6PS2. The second-order valence-corrected chi connectivity index (χ2v) is 12.0. The Balaban J connectivity index is 0.000000454. The number of hydrogen-bond acceptors (Lipinski definition) is 1. The van der Waals surface area contributed by atoms with Crippen LogP contribution >= 0.6 is 19.6 Å². The van der Waals surface area contributed by atoms with Gasteiger partial charge in [-0.3, -0.25) is 0 Å².